The molecule has 0 bridgehead atoms. The maximum atomic E-state index is 6.62. The molecule has 2 fully saturated rings. The van der Waals surface area contributed by atoms with E-state index in [1.54, 1.807) is 0 Å². The van der Waals surface area contributed by atoms with Gasteiger partial charge in [0, 0.05) is 53.7 Å². The van der Waals surface area contributed by atoms with Gasteiger partial charge in [-0.1, -0.05) is 12.1 Å². The maximum absolute atomic E-state index is 6.62. The molecule has 0 N–H and O–H groups in total. The molecule has 0 amide bonds. The summed E-state index contributed by atoms with van der Waals surface area (Å²) in [5, 5.41) is 9.16. The van der Waals surface area contributed by atoms with Crippen LogP contribution in [0.3, 0.4) is 0 Å². The van der Waals surface area contributed by atoms with Crippen LogP contribution >= 0.6 is 0 Å². The molecule has 2 aromatic heterocycles. The van der Waals surface area contributed by atoms with Crippen molar-refractivity contribution in [3.8, 4) is 0 Å². The van der Waals surface area contributed by atoms with Gasteiger partial charge >= 0.3 is 0 Å². The van der Waals surface area contributed by atoms with Crippen molar-refractivity contribution in [2.75, 3.05) is 62.4 Å². The lowest BCUT2D eigenvalue weighted by molar-refractivity contribution is 0.122. The first-order valence-corrected chi connectivity index (χ1v) is 14.1. The Morgan fingerprint density at radius 3 is 1.65 bits per heavy atom. The van der Waals surface area contributed by atoms with Crippen molar-refractivity contribution in [1.29, 1.82) is 0 Å². The summed E-state index contributed by atoms with van der Waals surface area (Å²) in [7, 11) is 0. The first-order chi connectivity index (χ1) is 19.8. The summed E-state index contributed by atoms with van der Waals surface area (Å²) < 4.78 is 24.1. The highest BCUT2D eigenvalue weighted by molar-refractivity contribution is 6.24. The Morgan fingerprint density at radius 1 is 0.450 bits per heavy atom. The van der Waals surface area contributed by atoms with E-state index in [4.69, 9.17) is 18.3 Å². The zero-order valence-electron chi connectivity index (χ0n) is 22.1. The lowest BCUT2D eigenvalue weighted by atomic mass is 10.0. The summed E-state index contributed by atoms with van der Waals surface area (Å²) in [5.74, 6) is 0. The second-order valence-electron chi connectivity index (χ2n) is 11.0. The Hall–Kier alpha value is -4.26. The fourth-order valence-electron chi connectivity index (χ4n) is 6.59. The molecule has 2 aliphatic heterocycles. The van der Waals surface area contributed by atoms with Crippen LogP contribution in [0.4, 0.5) is 11.4 Å². The Kier molecular flexibility index (Phi) is 4.86. The average molecular weight is 529 g/mol. The van der Waals surface area contributed by atoms with E-state index in [9.17, 15) is 0 Å². The van der Waals surface area contributed by atoms with Crippen molar-refractivity contribution in [1.82, 2.24) is 0 Å². The topological polar surface area (TPSA) is 51.2 Å². The normalized spacial score (nSPS) is 16.9. The van der Waals surface area contributed by atoms with Gasteiger partial charge in [-0.15, -0.1) is 0 Å². The highest BCUT2D eigenvalue weighted by atomic mass is 16.5. The fourth-order valence-corrected chi connectivity index (χ4v) is 6.59. The standard InChI is InChI=1S/C34H28N2O4/c1-3-25(35-7-11-37-12-8-35)15-23-19-31-28(17-21(1)23)27-5-6-30-33(34(27)40-31)29-18-22-2-4-26(36-9-13-38-14-10-36)16-24(22)20-32(29)39-30/h1-6,15-20H,7-14H2. The van der Waals surface area contributed by atoms with Gasteiger partial charge in [-0.2, -0.15) is 0 Å². The number of furan rings is 2. The highest BCUT2D eigenvalue weighted by Crippen LogP contribution is 2.42. The largest absolute Gasteiger partial charge is 0.456 e. The van der Waals surface area contributed by atoms with Gasteiger partial charge in [-0.05, 0) is 82.2 Å². The minimum atomic E-state index is 0.777. The van der Waals surface area contributed by atoms with E-state index < -0.39 is 0 Å². The van der Waals surface area contributed by atoms with Gasteiger partial charge in [-0.3, -0.25) is 0 Å². The third-order valence-electron chi connectivity index (χ3n) is 8.71. The molecule has 0 aliphatic carbocycles. The molecule has 2 aliphatic rings. The summed E-state index contributed by atoms with van der Waals surface area (Å²) in [5.41, 5.74) is 5.99. The Bertz CT molecular complexity index is 2090. The Balaban J connectivity index is 1.21. The number of hydrogen-bond donors (Lipinski definition) is 0. The summed E-state index contributed by atoms with van der Waals surface area (Å²) >= 11 is 0. The monoisotopic (exact) mass is 528 g/mol. The molecule has 0 atom stereocenters. The van der Waals surface area contributed by atoms with Gasteiger partial charge in [0.15, 0.2) is 0 Å². The number of hydrogen-bond acceptors (Lipinski definition) is 6. The van der Waals surface area contributed by atoms with Crippen LogP contribution in [0.5, 0.6) is 0 Å². The van der Waals surface area contributed by atoms with Crippen LogP contribution < -0.4 is 9.80 Å². The number of morpholine rings is 2. The third kappa shape index (κ3) is 3.43. The van der Waals surface area contributed by atoms with E-state index in [1.807, 2.05) is 0 Å². The van der Waals surface area contributed by atoms with E-state index >= 15 is 0 Å². The number of fused-ring (bicyclic) bond motifs is 9. The zero-order chi connectivity index (χ0) is 26.2. The van der Waals surface area contributed by atoms with Gasteiger partial charge in [-0.25, -0.2) is 0 Å². The molecule has 0 unspecified atom stereocenters. The van der Waals surface area contributed by atoms with E-state index in [-0.39, 0.29) is 0 Å². The minimum absolute atomic E-state index is 0.777. The molecular formula is C34H28N2O4. The second kappa shape index (κ2) is 8.62. The molecular weight excluding hydrogens is 500 g/mol. The number of rotatable bonds is 2. The quantitative estimate of drug-likeness (QED) is 0.232. The molecule has 40 heavy (non-hydrogen) atoms. The molecule has 7 aromatic rings. The van der Waals surface area contributed by atoms with Crippen molar-refractivity contribution < 1.29 is 18.3 Å². The fraction of sp³-hybridized carbons (Fsp3) is 0.235. The van der Waals surface area contributed by atoms with Crippen LogP contribution in [-0.2, 0) is 9.47 Å². The van der Waals surface area contributed by atoms with Crippen molar-refractivity contribution in [3.05, 3.63) is 72.8 Å². The number of ether oxygens (including phenoxy) is 2. The van der Waals surface area contributed by atoms with E-state index in [1.165, 1.54) is 32.9 Å². The molecule has 198 valence electrons. The Morgan fingerprint density at radius 2 is 1.02 bits per heavy atom. The van der Waals surface area contributed by atoms with Crippen LogP contribution in [0.1, 0.15) is 0 Å². The Labute approximate surface area is 230 Å². The summed E-state index contributed by atoms with van der Waals surface area (Å²) in [6.07, 6.45) is 0. The van der Waals surface area contributed by atoms with Crippen LogP contribution in [0.25, 0.3) is 65.4 Å². The van der Waals surface area contributed by atoms with Gasteiger partial charge < -0.3 is 28.1 Å². The molecule has 6 heteroatoms. The minimum Gasteiger partial charge on any atom is -0.456 e. The van der Waals surface area contributed by atoms with Crippen LogP contribution in [-0.4, -0.2) is 52.6 Å². The van der Waals surface area contributed by atoms with Gasteiger partial charge in [0.25, 0.3) is 0 Å². The first kappa shape index (κ1) is 22.5. The predicted octanol–water partition coefficient (Wildman–Crippen LogP) is 7.47. The van der Waals surface area contributed by atoms with Crippen molar-refractivity contribution >= 4 is 76.8 Å². The number of benzene rings is 5. The maximum Gasteiger partial charge on any atom is 0.147 e. The van der Waals surface area contributed by atoms with E-state index in [0.29, 0.717) is 0 Å². The molecule has 5 aromatic carbocycles. The smallest absolute Gasteiger partial charge is 0.147 e. The average Bonchev–Trinajstić information content (AvgIpc) is 3.56. The van der Waals surface area contributed by atoms with E-state index in [0.717, 1.165) is 96.5 Å². The number of nitrogens with zero attached hydrogens (tertiary/aromatic N) is 2. The van der Waals surface area contributed by atoms with E-state index in [2.05, 4.69) is 82.6 Å². The van der Waals surface area contributed by atoms with Crippen molar-refractivity contribution in [2.45, 2.75) is 0 Å². The van der Waals surface area contributed by atoms with Crippen LogP contribution in [0.15, 0.2) is 81.6 Å². The van der Waals surface area contributed by atoms with Gasteiger partial charge in [0.1, 0.15) is 22.3 Å². The lowest BCUT2D eigenvalue weighted by Gasteiger charge is -2.29. The molecule has 9 rings (SSSR count). The summed E-state index contributed by atoms with van der Waals surface area (Å²) in [6.45, 7) is 6.80. The van der Waals surface area contributed by atoms with Crippen LogP contribution in [0, 0.1) is 0 Å². The van der Waals surface area contributed by atoms with Crippen molar-refractivity contribution in [2.24, 2.45) is 0 Å². The van der Waals surface area contributed by atoms with Crippen molar-refractivity contribution in [3.63, 3.8) is 0 Å². The zero-order valence-corrected chi connectivity index (χ0v) is 22.1. The molecule has 0 spiro atoms. The van der Waals surface area contributed by atoms with Crippen LogP contribution in [0.2, 0.25) is 0 Å². The summed E-state index contributed by atoms with van der Waals surface area (Å²) in [4.78, 5) is 4.78. The highest BCUT2D eigenvalue weighted by Gasteiger charge is 2.19. The van der Waals surface area contributed by atoms with Gasteiger partial charge in [0.2, 0.25) is 0 Å². The third-order valence-corrected chi connectivity index (χ3v) is 8.71. The second-order valence-corrected chi connectivity index (χ2v) is 11.0. The molecule has 0 saturated carbocycles. The SMILES string of the molecule is c1cc2cc3c(cc2cc1N1CCOCC1)oc1c3ccc2oc3cc4cc(N5CCOCC5)ccc4cc3c21. The molecule has 4 heterocycles. The predicted molar refractivity (Wildman–Crippen MR) is 162 cm³/mol. The van der Waals surface area contributed by atoms with Gasteiger partial charge in [0.05, 0.1) is 31.8 Å². The number of anilines is 2. The first-order valence-electron chi connectivity index (χ1n) is 14.1. The lowest BCUT2D eigenvalue weighted by Crippen LogP contribution is -2.36. The molecule has 2 saturated heterocycles. The molecule has 6 nitrogen and oxygen atoms in total. The summed E-state index contributed by atoms with van der Waals surface area (Å²) in [6, 6.07) is 26.5. The molecule has 0 radical (unpaired) electrons.